The zero-order valence-corrected chi connectivity index (χ0v) is 26.8. The van der Waals surface area contributed by atoms with E-state index in [9.17, 15) is 22.8 Å². The van der Waals surface area contributed by atoms with E-state index in [0.29, 0.717) is 31.0 Å². The van der Waals surface area contributed by atoms with Crippen LogP contribution in [0.3, 0.4) is 0 Å². The fraction of sp³-hybridized carbons (Fsp3) is 0.533. The largest absolute Gasteiger partial charge is 0.496 e. The van der Waals surface area contributed by atoms with Crippen molar-refractivity contribution in [3.05, 3.63) is 41.0 Å². The molecule has 4 atom stereocenters. The standard InChI is InChI=1S/C30H36BrN5O7S/c1-42-24-11-10-22-21(25(24)31)12-14-32-27(22)43-19-15-23-26(37)34-30(28(38)35-44(40,41)20-8-9-20)16-18(30)7-5-3-2-4-6-13-33-29(39)36(23)17-19/h5,7,10-12,14,18-20,23H,2-4,6,8-9,13,15-17H2,1H3,(H,33,39)(H,34,37)(H,35,38)/b7-5-/t18-,19+,23-,30+/m0/s1. The topological polar surface area (TPSA) is 156 Å². The number of rotatable bonds is 6. The van der Waals surface area contributed by atoms with Gasteiger partial charge >= 0.3 is 6.03 Å². The van der Waals surface area contributed by atoms with Crippen molar-refractivity contribution in [3.8, 4) is 11.6 Å². The summed E-state index contributed by atoms with van der Waals surface area (Å²) >= 11 is 3.57. The van der Waals surface area contributed by atoms with Crippen LogP contribution in [0.5, 0.6) is 11.6 Å². The van der Waals surface area contributed by atoms with E-state index < -0.39 is 50.8 Å². The average Bonchev–Trinajstić information content (AvgIpc) is 3.92. The van der Waals surface area contributed by atoms with Gasteiger partial charge in [-0.05, 0) is 72.7 Å². The fourth-order valence-electron chi connectivity index (χ4n) is 6.02. The number of carbonyl (C=O) groups is 3. The zero-order chi connectivity index (χ0) is 31.1. The third kappa shape index (κ3) is 6.10. The van der Waals surface area contributed by atoms with Crippen molar-refractivity contribution in [1.29, 1.82) is 0 Å². The summed E-state index contributed by atoms with van der Waals surface area (Å²) in [6.45, 7) is 0.589. The molecule has 3 heterocycles. The Labute approximate surface area is 264 Å². The van der Waals surface area contributed by atoms with Gasteiger partial charge in [-0.15, -0.1) is 0 Å². The highest BCUT2D eigenvalue weighted by molar-refractivity contribution is 9.10. The lowest BCUT2D eigenvalue weighted by molar-refractivity contribution is -0.131. The van der Waals surface area contributed by atoms with Crippen LogP contribution < -0.4 is 24.8 Å². The number of ether oxygens (including phenoxy) is 2. The molecule has 1 aromatic heterocycles. The number of fused-ring (bicyclic) bond motifs is 3. The first-order valence-corrected chi connectivity index (χ1v) is 17.3. The van der Waals surface area contributed by atoms with Gasteiger partial charge < -0.3 is 25.0 Å². The van der Waals surface area contributed by atoms with E-state index in [1.165, 1.54) is 4.90 Å². The summed E-state index contributed by atoms with van der Waals surface area (Å²) in [6.07, 6.45) is 9.77. The van der Waals surface area contributed by atoms with Crippen molar-refractivity contribution in [3.63, 3.8) is 0 Å². The summed E-state index contributed by atoms with van der Waals surface area (Å²) in [4.78, 5) is 46.5. The van der Waals surface area contributed by atoms with Crippen molar-refractivity contribution in [2.75, 3.05) is 20.2 Å². The fourth-order valence-corrected chi connectivity index (χ4v) is 8.03. The normalized spacial score (nSPS) is 28.4. The quantitative estimate of drug-likeness (QED) is 0.391. The van der Waals surface area contributed by atoms with Crippen molar-refractivity contribution in [2.45, 2.75) is 74.3 Å². The Balaban J connectivity index is 1.26. The number of nitrogens with zero attached hydrogens (tertiary/aromatic N) is 2. The number of aromatic nitrogens is 1. The van der Waals surface area contributed by atoms with Gasteiger partial charge in [-0.3, -0.25) is 14.3 Å². The van der Waals surface area contributed by atoms with Crippen LogP contribution in [0.1, 0.15) is 51.4 Å². The van der Waals surface area contributed by atoms with E-state index in [1.54, 1.807) is 19.4 Å². The predicted octanol–water partition coefficient (Wildman–Crippen LogP) is 3.15. The van der Waals surface area contributed by atoms with E-state index >= 15 is 0 Å². The molecular weight excluding hydrogens is 654 g/mol. The minimum atomic E-state index is -3.81. The zero-order valence-electron chi connectivity index (χ0n) is 24.4. The van der Waals surface area contributed by atoms with Crippen LogP contribution in [0, 0.1) is 5.92 Å². The Morgan fingerprint density at radius 2 is 1.98 bits per heavy atom. The number of halogens is 1. The van der Waals surface area contributed by atoms with Gasteiger partial charge in [0.25, 0.3) is 5.91 Å². The summed E-state index contributed by atoms with van der Waals surface area (Å²) in [7, 11) is -2.23. The summed E-state index contributed by atoms with van der Waals surface area (Å²) < 4.78 is 39.9. The molecule has 3 N–H and O–H groups in total. The van der Waals surface area contributed by atoms with Crippen molar-refractivity contribution in [2.24, 2.45) is 5.92 Å². The number of pyridine rings is 1. The molecule has 0 unspecified atom stereocenters. The molecule has 0 spiro atoms. The second-order valence-electron chi connectivity index (χ2n) is 11.9. The van der Waals surface area contributed by atoms with Crippen LogP contribution in [0.2, 0.25) is 0 Å². The Kier molecular flexibility index (Phi) is 8.48. The third-order valence-corrected chi connectivity index (χ3v) is 11.4. The summed E-state index contributed by atoms with van der Waals surface area (Å²) in [5.41, 5.74) is -1.40. The number of amides is 4. The number of allylic oxidation sites excluding steroid dienone is 1. The second-order valence-corrected chi connectivity index (χ2v) is 14.6. The molecule has 236 valence electrons. The van der Waals surface area contributed by atoms with Crippen LogP contribution in [-0.4, -0.2) is 79.3 Å². The maximum absolute atomic E-state index is 13.9. The molecule has 4 aliphatic rings. The molecule has 44 heavy (non-hydrogen) atoms. The lowest BCUT2D eigenvalue weighted by Crippen LogP contribution is -2.57. The molecular formula is C30H36BrN5O7S. The monoisotopic (exact) mass is 689 g/mol. The molecule has 1 saturated heterocycles. The van der Waals surface area contributed by atoms with E-state index in [2.05, 4.69) is 36.3 Å². The molecule has 2 aromatic rings. The molecule has 6 rings (SSSR count). The highest BCUT2D eigenvalue weighted by Crippen LogP contribution is 2.46. The Morgan fingerprint density at radius 1 is 1.16 bits per heavy atom. The summed E-state index contributed by atoms with van der Waals surface area (Å²) in [5, 5.41) is 6.78. The van der Waals surface area contributed by atoms with Crippen molar-refractivity contribution < 1.29 is 32.3 Å². The molecule has 14 heteroatoms. The SMILES string of the molecule is COc1ccc2c(O[C@@H]3C[C@H]4C(=O)N[C@]5(C(=O)NS(=O)(=O)C6CC6)C[C@@H]5/C=C\CCCCCNC(=O)N4C3)nccc2c1Br. The number of sulfonamides is 1. The molecule has 0 radical (unpaired) electrons. The third-order valence-electron chi connectivity index (χ3n) is 8.79. The Morgan fingerprint density at radius 3 is 2.75 bits per heavy atom. The van der Waals surface area contributed by atoms with Gasteiger partial charge in [-0.25, -0.2) is 18.2 Å². The van der Waals surface area contributed by atoms with Crippen LogP contribution in [0.15, 0.2) is 41.0 Å². The van der Waals surface area contributed by atoms with Crippen LogP contribution in [0.25, 0.3) is 10.8 Å². The first-order chi connectivity index (χ1) is 21.1. The van der Waals surface area contributed by atoms with Crippen LogP contribution in [0.4, 0.5) is 4.79 Å². The van der Waals surface area contributed by atoms with Gasteiger partial charge in [0.1, 0.15) is 23.4 Å². The minimum absolute atomic E-state index is 0.123. The Hall–Kier alpha value is -3.39. The van der Waals surface area contributed by atoms with Gasteiger partial charge in [-0.1, -0.05) is 18.6 Å². The van der Waals surface area contributed by atoms with E-state index in [-0.39, 0.29) is 25.3 Å². The highest BCUT2D eigenvalue weighted by Gasteiger charge is 2.62. The number of hydrogen-bond donors (Lipinski definition) is 3. The smallest absolute Gasteiger partial charge is 0.318 e. The first-order valence-electron chi connectivity index (χ1n) is 15.0. The maximum Gasteiger partial charge on any atom is 0.318 e. The van der Waals surface area contributed by atoms with Gasteiger partial charge in [0.2, 0.25) is 21.8 Å². The number of methoxy groups -OCH3 is 1. The molecule has 1 aromatic carbocycles. The highest BCUT2D eigenvalue weighted by atomic mass is 79.9. The molecule has 2 aliphatic heterocycles. The van der Waals surface area contributed by atoms with Gasteiger partial charge in [-0.2, -0.15) is 0 Å². The number of urea groups is 1. The number of nitrogens with one attached hydrogen (secondary N) is 3. The number of carbonyl (C=O) groups excluding carboxylic acids is 3. The molecule has 0 bridgehead atoms. The van der Waals surface area contributed by atoms with Crippen molar-refractivity contribution in [1.82, 2.24) is 25.2 Å². The first kappa shape index (κ1) is 30.6. The predicted molar refractivity (Wildman–Crippen MR) is 166 cm³/mol. The maximum atomic E-state index is 13.9. The molecule has 3 fully saturated rings. The molecule has 12 nitrogen and oxygen atoms in total. The van der Waals surface area contributed by atoms with Crippen LogP contribution >= 0.6 is 15.9 Å². The lowest BCUT2D eigenvalue weighted by atomic mass is 10.1. The van der Waals surface area contributed by atoms with E-state index in [0.717, 1.165) is 40.9 Å². The van der Waals surface area contributed by atoms with E-state index in [1.807, 2.05) is 24.3 Å². The average molecular weight is 691 g/mol. The molecule has 2 saturated carbocycles. The molecule has 4 amide bonds. The Bertz CT molecular complexity index is 1610. The second kappa shape index (κ2) is 12.2. The van der Waals surface area contributed by atoms with Gasteiger partial charge in [0.05, 0.1) is 23.4 Å². The summed E-state index contributed by atoms with van der Waals surface area (Å²) in [6, 6.07) is 4.14. The van der Waals surface area contributed by atoms with Crippen LogP contribution in [-0.2, 0) is 19.6 Å². The lowest BCUT2D eigenvalue weighted by Gasteiger charge is -2.26. The van der Waals surface area contributed by atoms with Crippen molar-refractivity contribution >= 4 is 54.6 Å². The van der Waals surface area contributed by atoms with E-state index in [4.69, 9.17) is 9.47 Å². The number of benzene rings is 1. The van der Waals surface area contributed by atoms with Gasteiger partial charge in [0, 0.05) is 35.9 Å². The minimum Gasteiger partial charge on any atom is -0.496 e. The molecule has 2 aliphatic carbocycles. The summed E-state index contributed by atoms with van der Waals surface area (Å²) in [5.74, 6) is -0.607. The van der Waals surface area contributed by atoms with Gasteiger partial charge in [0.15, 0.2) is 0 Å². The number of hydrogen-bond acceptors (Lipinski definition) is 8.